The molecule has 0 aromatic heterocycles. The number of fused-ring (bicyclic) bond motifs is 1. The Morgan fingerprint density at radius 2 is 2.32 bits per heavy atom. The van der Waals surface area contributed by atoms with E-state index in [-0.39, 0.29) is 5.91 Å². The normalized spacial score (nSPS) is 25.7. The fraction of sp³-hybridized carbons (Fsp3) is 0.500. The van der Waals surface area contributed by atoms with Gasteiger partial charge in [0.2, 0.25) is 0 Å². The quantitative estimate of drug-likeness (QED) is 0.851. The minimum atomic E-state index is 0.0806. The second-order valence-corrected chi connectivity index (χ2v) is 6.41. The minimum Gasteiger partial charge on any atom is -0.334 e. The van der Waals surface area contributed by atoms with Gasteiger partial charge in [-0.1, -0.05) is 11.6 Å². The van der Waals surface area contributed by atoms with E-state index in [1.807, 2.05) is 29.4 Å². The SMILES string of the molecule is CSc1ccc(Cl)c(C(=O)N2CC[C@H]3CNC[C@H]32)c1. The summed E-state index contributed by atoms with van der Waals surface area (Å²) in [5, 5.41) is 3.92. The number of carbonyl (C=O) groups excluding carboxylic acids is 1. The third-order valence-corrected chi connectivity index (χ3v) is 5.17. The molecule has 2 aliphatic heterocycles. The molecule has 19 heavy (non-hydrogen) atoms. The van der Waals surface area contributed by atoms with E-state index in [4.69, 9.17) is 11.6 Å². The molecule has 1 aromatic carbocycles. The predicted molar refractivity (Wildman–Crippen MR) is 79.0 cm³/mol. The maximum absolute atomic E-state index is 12.7. The van der Waals surface area contributed by atoms with Crippen LogP contribution in [0.15, 0.2) is 23.1 Å². The fourth-order valence-electron chi connectivity index (χ4n) is 3.05. The lowest BCUT2D eigenvalue weighted by Crippen LogP contribution is -2.39. The number of likely N-dealkylation sites (tertiary alicyclic amines) is 1. The molecular formula is C14H17ClN2OS. The molecule has 3 rings (SSSR count). The predicted octanol–water partition coefficient (Wildman–Crippen LogP) is 2.50. The molecule has 102 valence electrons. The van der Waals surface area contributed by atoms with Crippen LogP contribution in [0.5, 0.6) is 0 Å². The van der Waals surface area contributed by atoms with Gasteiger partial charge in [-0.05, 0) is 36.8 Å². The molecule has 3 nitrogen and oxygen atoms in total. The van der Waals surface area contributed by atoms with Crippen LogP contribution in [0.25, 0.3) is 0 Å². The van der Waals surface area contributed by atoms with Crippen LogP contribution in [0.4, 0.5) is 0 Å². The molecule has 0 unspecified atom stereocenters. The third-order valence-electron chi connectivity index (χ3n) is 4.11. The Bertz CT molecular complexity index is 508. The molecule has 2 saturated heterocycles. The average molecular weight is 297 g/mol. The van der Waals surface area contributed by atoms with Crippen molar-refractivity contribution in [3.8, 4) is 0 Å². The number of hydrogen-bond donors (Lipinski definition) is 1. The highest BCUT2D eigenvalue weighted by Crippen LogP contribution is 2.31. The molecular weight excluding hydrogens is 280 g/mol. The first-order valence-electron chi connectivity index (χ1n) is 6.56. The van der Waals surface area contributed by atoms with Crippen molar-refractivity contribution in [1.82, 2.24) is 10.2 Å². The van der Waals surface area contributed by atoms with E-state index >= 15 is 0 Å². The number of thioether (sulfide) groups is 1. The topological polar surface area (TPSA) is 32.3 Å². The van der Waals surface area contributed by atoms with Gasteiger partial charge in [-0.3, -0.25) is 4.79 Å². The Kier molecular flexibility index (Phi) is 3.74. The summed E-state index contributed by atoms with van der Waals surface area (Å²) in [4.78, 5) is 15.8. The minimum absolute atomic E-state index is 0.0806. The van der Waals surface area contributed by atoms with Crippen LogP contribution in [-0.4, -0.2) is 42.7 Å². The van der Waals surface area contributed by atoms with Gasteiger partial charge in [0, 0.05) is 30.6 Å². The molecule has 1 N–H and O–H groups in total. The van der Waals surface area contributed by atoms with Gasteiger partial charge in [-0.15, -0.1) is 11.8 Å². The number of carbonyl (C=O) groups is 1. The van der Waals surface area contributed by atoms with E-state index in [0.717, 1.165) is 31.0 Å². The van der Waals surface area contributed by atoms with E-state index in [9.17, 15) is 4.79 Å². The van der Waals surface area contributed by atoms with Gasteiger partial charge in [0.05, 0.1) is 10.6 Å². The second-order valence-electron chi connectivity index (χ2n) is 5.12. The first-order valence-corrected chi connectivity index (χ1v) is 8.16. The molecule has 0 bridgehead atoms. The third kappa shape index (κ3) is 2.37. The van der Waals surface area contributed by atoms with Gasteiger partial charge in [0.25, 0.3) is 5.91 Å². The molecule has 2 fully saturated rings. The van der Waals surface area contributed by atoms with Crippen LogP contribution >= 0.6 is 23.4 Å². The van der Waals surface area contributed by atoms with Gasteiger partial charge in [0.15, 0.2) is 0 Å². The van der Waals surface area contributed by atoms with E-state index in [1.54, 1.807) is 11.8 Å². The lowest BCUT2D eigenvalue weighted by Gasteiger charge is -2.24. The number of nitrogens with zero attached hydrogens (tertiary/aromatic N) is 1. The van der Waals surface area contributed by atoms with Crippen molar-refractivity contribution in [3.05, 3.63) is 28.8 Å². The number of nitrogens with one attached hydrogen (secondary N) is 1. The Labute approximate surface area is 122 Å². The highest BCUT2D eigenvalue weighted by Gasteiger charge is 2.40. The van der Waals surface area contributed by atoms with Gasteiger partial charge in [-0.2, -0.15) is 0 Å². The summed E-state index contributed by atoms with van der Waals surface area (Å²) in [6, 6.07) is 6.03. The van der Waals surface area contributed by atoms with Crippen LogP contribution in [0.3, 0.4) is 0 Å². The largest absolute Gasteiger partial charge is 0.334 e. The standard InChI is InChI=1S/C14H17ClN2OS/c1-19-10-2-3-12(15)11(6-10)14(18)17-5-4-9-7-16-8-13(9)17/h2-3,6,9,13,16H,4-5,7-8H2,1H3/t9-,13+/m0/s1. The number of rotatable bonds is 2. The van der Waals surface area contributed by atoms with Crippen molar-refractivity contribution in [3.63, 3.8) is 0 Å². The van der Waals surface area contributed by atoms with Gasteiger partial charge in [-0.25, -0.2) is 0 Å². The van der Waals surface area contributed by atoms with Gasteiger partial charge in [0.1, 0.15) is 0 Å². The zero-order valence-electron chi connectivity index (χ0n) is 10.9. The molecule has 2 heterocycles. The molecule has 2 aliphatic rings. The zero-order valence-corrected chi connectivity index (χ0v) is 12.4. The molecule has 0 radical (unpaired) electrons. The highest BCUT2D eigenvalue weighted by atomic mass is 35.5. The Balaban J connectivity index is 1.87. The van der Waals surface area contributed by atoms with Crippen molar-refractivity contribution in [1.29, 1.82) is 0 Å². The van der Waals surface area contributed by atoms with Crippen molar-refractivity contribution < 1.29 is 4.79 Å². The maximum Gasteiger partial charge on any atom is 0.255 e. The maximum atomic E-state index is 12.7. The van der Waals surface area contributed by atoms with Crippen LogP contribution < -0.4 is 5.32 Å². The highest BCUT2D eigenvalue weighted by molar-refractivity contribution is 7.98. The molecule has 1 aromatic rings. The smallest absolute Gasteiger partial charge is 0.255 e. The van der Waals surface area contributed by atoms with Crippen molar-refractivity contribution >= 4 is 29.3 Å². The summed E-state index contributed by atoms with van der Waals surface area (Å²) in [5.74, 6) is 0.698. The summed E-state index contributed by atoms with van der Waals surface area (Å²) in [6.45, 7) is 2.80. The Morgan fingerprint density at radius 3 is 3.11 bits per heavy atom. The summed E-state index contributed by atoms with van der Waals surface area (Å²) in [6.07, 6.45) is 3.10. The molecule has 0 aliphatic carbocycles. The lowest BCUT2D eigenvalue weighted by atomic mass is 10.0. The molecule has 0 saturated carbocycles. The Morgan fingerprint density at radius 1 is 1.47 bits per heavy atom. The average Bonchev–Trinajstić information content (AvgIpc) is 3.01. The van der Waals surface area contributed by atoms with E-state index in [2.05, 4.69) is 5.32 Å². The van der Waals surface area contributed by atoms with E-state index < -0.39 is 0 Å². The summed E-state index contributed by atoms with van der Waals surface area (Å²) >= 11 is 7.83. The van der Waals surface area contributed by atoms with Gasteiger partial charge < -0.3 is 10.2 Å². The second kappa shape index (κ2) is 5.35. The summed E-state index contributed by atoms with van der Waals surface area (Å²) in [7, 11) is 0. The lowest BCUT2D eigenvalue weighted by molar-refractivity contribution is 0.0737. The number of halogens is 1. The van der Waals surface area contributed by atoms with Crippen molar-refractivity contribution in [2.45, 2.75) is 17.4 Å². The number of benzene rings is 1. The Hall–Kier alpha value is -0.710. The summed E-state index contributed by atoms with van der Waals surface area (Å²) in [5.41, 5.74) is 0.640. The number of amides is 1. The van der Waals surface area contributed by atoms with Crippen molar-refractivity contribution in [2.75, 3.05) is 25.9 Å². The van der Waals surface area contributed by atoms with Crippen LogP contribution in [0, 0.1) is 5.92 Å². The molecule has 0 spiro atoms. The monoisotopic (exact) mass is 296 g/mol. The summed E-state index contributed by atoms with van der Waals surface area (Å²) < 4.78 is 0. The van der Waals surface area contributed by atoms with Crippen LogP contribution in [-0.2, 0) is 0 Å². The molecule has 1 amide bonds. The van der Waals surface area contributed by atoms with Crippen LogP contribution in [0.1, 0.15) is 16.8 Å². The van der Waals surface area contributed by atoms with E-state index in [0.29, 0.717) is 22.5 Å². The molecule has 2 atom stereocenters. The van der Waals surface area contributed by atoms with Crippen LogP contribution in [0.2, 0.25) is 5.02 Å². The van der Waals surface area contributed by atoms with Gasteiger partial charge >= 0.3 is 0 Å². The molecule has 5 heteroatoms. The fourth-order valence-corrected chi connectivity index (χ4v) is 3.69. The van der Waals surface area contributed by atoms with Crippen molar-refractivity contribution in [2.24, 2.45) is 5.92 Å². The number of hydrogen-bond acceptors (Lipinski definition) is 3. The van der Waals surface area contributed by atoms with E-state index in [1.165, 1.54) is 0 Å². The zero-order chi connectivity index (χ0) is 13.4. The first-order chi connectivity index (χ1) is 9.20. The first kappa shape index (κ1) is 13.3.